The van der Waals surface area contributed by atoms with Gasteiger partial charge in [-0.25, -0.2) is 5.01 Å². The predicted octanol–water partition coefficient (Wildman–Crippen LogP) is 3.37. The van der Waals surface area contributed by atoms with Crippen LogP contribution in [0.2, 0.25) is 0 Å². The van der Waals surface area contributed by atoms with Gasteiger partial charge in [-0.3, -0.25) is 9.59 Å². The molecule has 1 aromatic heterocycles. The van der Waals surface area contributed by atoms with Crippen molar-refractivity contribution >= 4 is 45.9 Å². The number of carboxylic acid groups (broad SMARTS) is 1. The molecule has 1 amide bonds. The maximum absolute atomic E-state index is 12.1. The molecular formula is C18H15N3O3S2. The molecule has 4 rings (SSSR count). The van der Waals surface area contributed by atoms with Crippen molar-refractivity contribution in [2.24, 2.45) is 10.1 Å². The van der Waals surface area contributed by atoms with Crippen molar-refractivity contribution in [3.63, 3.8) is 0 Å². The first kappa shape index (κ1) is 17.0. The van der Waals surface area contributed by atoms with Gasteiger partial charge >= 0.3 is 5.97 Å². The molecule has 2 aliphatic heterocycles. The van der Waals surface area contributed by atoms with E-state index >= 15 is 0 Å². The number of thioether (sulfide) groups is 1. The van der Waals surface area contributed by atoms with Gasteiger partial charge in [0, 0.05) is 11.3 Å². The van der Waals surface area contributed by atoms with E-state index in [1.165, 1.54) is 11.8 Å². The number of aliphatic imine (C=N–C) groups is 1. The number of carboxylic acids is 1. The van der Waals surface area contributed by atoms with Crippen molar-refractivity contribution in [2.75, 3.05) is 0 Å². The van der Waals surface area contributed by atoms with E-state index in [4.69, 9.17) is 10.2 Å². The zero-order chi connectivity index (χ0) is 18.1. The molecule has 2 aromatic rings. The lowest BCUT2D eigenvalue weighted by molar-refractivity contribution is -0.138. The highest BCUT2D eigenvalue weighted by atomic mass is 32.2. The molecule has 0 saturated heterocycles. The second-order valence-corrected chi connectivity index (χ2v) is 8.08. The number of amidine groups is 1. The largest absolute Gasteiger partial charge is 0.481 e. The Bertz CT molecular complexity index is 894. The minimum Gasteiger partial charge on any atom is -0.481 e. The van der Waals surface area contributed by atoms with E-state index in [0.29, 0.717) is 11.6 Å². The van der Waals surface area contributed by atoms with E-state index in [-0.39, 0.29) is 12.5 Å². The summed E-state index contributed by atoms with van der Waals surface area (Å²) in [6.07, 6.45) is 0.477. The van der Waals surface area contributed by atoms with Gasteiger partial charge in [0.1, 0.15) is 5.25 Å². The molecule has 3 heterocycles. The van der Waals surface area contributed by atoms with Crippen molar-refractivity contribution in [3.8, 4) is 0 Å². The van der Waals surface area contributed by atoms with Crippen LogP contribution >= 0.6 is 23.1 Å². The first-order valence-corrected chi connectivity index (χ1v) is 9.84. The third kappa shape index (κ3) is 3.30. The van der Waals surface area contributed by atoms with Crippen LogP contribution in [-0.2, 0) is 9.59 Å². The molecule has 26 heavy (non-hydrogen) atoms. The Labute approximate surface area is 158 Å². The van der Waals surface area contributed by atoms with Crippen molar-refractivity contribution < 1.29 is 14.7 Å². The molecule has 2 atom stereocenters. The van der Waals surface area contributed by atoms with Gasteiger partial charge in [-0.15, -0.1) is 11.3 Å². The highest BCUT2D eigenvalue weighted by Gasteiger charge is 2.39. The Morgan fingerprint density at radius 2 is 2.04 bits per heavy atom. The summed E-state index contributed by atoms with van der Waals surface area (Å²) in [5, 5.41) is 17.3. The molecular weight excluding hydrogens is 370 g/mol. The molecule has 1 N–H and O–H groups in total. The number of carbonyl (C=O) groups excluding carboxylic acids is 1. The molecule has 8 heteroatoms. The normalized spacial score (nSPS) is 22.5. The highest BCUT2D eigenvalue weighted by Crippen LogP contribution is 2.39. The zero-order valence-corrected chi connectivity index (χ0v) is 15.2. The number of benzene rings is 1. The molecule has 0 spiro atoms. The fraction of sp³-hybridized carbons (Fsp3) is 0.222. The van der Waals surface area contributed by atoms with Gasteiger partial charge in [-0.05, 0) is 17.0 Å². The summed E-state index contributed by atoms with van der Waals surface area (Å²) in [5.74, 6) is -1.40. The summed E-state index contributed by atoms with van der Waals surface area (Å²) in [7, 11) is 0. The number of hydrazone groups is 1. The topological polar surface area (TPSA) is 82.3 Å². The predicted molar refractivity (Wildman–Crippen MR) is 103 cm³/mol. The number of thiophene rings is 1. The maximum Gasteiger partial charge on any atom is 0.305 e. The van der Waals surface area contributed by atoms with E-state index in [1.54, 1.807) is 16.3 Å². The fourth-order valence-electron chi connectivity index (χ4n) is 2.96. The number of carbonyl (C=O) groups is 2. The molecule has 0 aliphatic carbocycles. The minimum absolute atomic E-state index is 0.0344. The maximum atomic E-state index is 12.1. The van der Waals surface area contributed by atoms with Gasteiger partial charge in [-0.2, -0.15) is 10.1 Å². The Balaban J connectivity index is 1.65. The van der Waals surface area contributed by atoms with Gasteiger partial charge < -0.3 is 5.11 Å². The van der Waals surface area contributed by atoms with E-state index < -0.39 is 17.1 Å². The Kier molecular flexibility index (Phi) is 4.60. The van der Waals surface area contributed by atoms with Crippen LogP contribution in [0, 0.1) is 0 Å². The zero-order valence-electron chi connectivity index (χ0n) is 13.6. The van der Waals surface area contributed by atoms with Gasteiger partial charge in [0.25, 0.3) is 5.91 Å². The van der Waals surface area contributed by atoms with Crippen LogP contribution in [0.25, 0.3) is 0 Å². The van der Waals surface area contributed by atoms with Crippen molar-refractivity contribution in [3.05, 3.63) is 58.3 Å². The standard InChI is InChI=1S/C18H15N3O3S2/c22-16(23)10-15-17(24)19-18(26-15)21-13(14-7-4-8-25-14)9-12(20-21)11-5-2-1-3-6-11/h1-8,13,15H,9-10H2,(H,22,23). The fourth-order valence-corrected chi connectivity index (χ4v) is 4.82. The number of hydrogen-bond donors (Lipinski definition) is 1. The monoisotopic (exact) mass is 385 g/mol. The lowest BCUT2D eigenvalue weighted by Crippen LogP contribution is -2.23. The number of nitrogens with zero attached hydrogens (tertiary/aromatic N) is 3. The number of aliphatic carboxylic acids is 1. The van der Waals surface area contributed by atoms with Crippen LogP contribution in [0.15, 0.2) is 57.9 Å². The Hall–Kier alpha value is -2.45. The van der Waals surface area contributed by atoms with Crippen molar-refractivity contribution in [1.29, 1.82) is 0 Å². The average molecular weight is 385 g/mol. The van der Waals surface area contributed by atoms with Gasteiger partial charge in [-0.1, -0.05) is 48.2 Å². The molecule has 2 unspecified atom stereocenters. The van der Waals surface area contributed by atoms with Gasteiger partial charge in [0.15, 0.2) is 5.17 Å². The third-order valence-corrected chi connectivity index (χ3v) is 6.29. The second-order valence-electron chi connectivity index (χ2n) is 5.93. The summed E-state index contributed by atoms with van der Waals surface area (Å²) in [4.78, 5) is 28.3. The molecule has 6 nitrogen and oxygen atoms in total. The molecule has 0 fully saturated rings. The van der Waals surface area contributed by atoms with E-state index in [1.807, 2.05) is 47.8 Å². The van der Waals surface area contributed by atoms with Crippen LogP contribution in [0.1, 0.15) is 29.3 Å². The van der Waals surface area contributed by atoms with Crippen LogP contribution in [0.5, 0.6) is 0 Å². The summed E-state index contributed by atoms with van der Waals surface area (Å²) >= 11 is 2.82. The number of amides is 1. The first-order valence-electron chi connectivity index (χ1n) is 8.08. The highest BCUT2D eigenvalue weighted by molar-refractivity contribution is 8.15. The van der Waals surface area contributed by atoms with E-state index in [0.717, 1.165) is 16.2 Å². The lowest BCUT2D eigenvalue weighted by atomic mass is 10.0. The second kappa shape index (κ2) is 7.05. The van der Waals surface area contributed by atoms with Gasteiger partial charge in [0.2, 0.25) is 0 Å². The summed E-state index contributed by atoms with van der Waals surface area (Å²) in [6.45, 7) is 0. The minimum atomic E-state index is -1.00. The Morgan fingerprint density at radius 1 is 1.23 bits per heavy atom. The third-order valence-electron chi connectivity index (χ3n) is 4.17. The first-order chi connectivity index (χ1) is 12.6. The molecule has 0 bridgehead atoms. The van der Waals surface area contributed by atoms with Crippen molar-refractivity contribution in [2.45, 2.75) is 24.1 Å². The van der Waals surface area contributed by atoms with Crippen LogP contribution in [-0.4, -0.2) is 38.1 Å². The van der Waals surface area contributed by atoms with E-state index in [2.05, 4.69) is 4.99 Å². The van der Waals surface area contributed by atoms with Crippen LogP contribution < -0.4 is 0 Å². The van der Waals surface area contributed by atoms with Crippen LogP contribution in [0.4, 0.5) is 0 Å². The summed E-state index contributed by atoms with van der Waals surface area (Å²) in [6, 6.07) is 13.9. The SMILES string of the molecule is O=C(O)CC1SC(N2N=C(c3ccccc3)CC2c2cccs2)=NC1=O. The Morgan fingerprint density at radius 3 is 2.73 bits per heavy atom. The number of rotatable bonds is 4. The quantitative estimate of drug-likeness (QED) is 0.872. The molecule has 1 aromatic carbocycles. The summed E-state index contributed by atoms with van der Waals surface area (Å²) < 4.78 is 0. The molecule has 2 aliphatic rings. The lowest BCUT2D eigenvalue weighted by Gasteiger charge is -2.21. The smallest absolute Gasteiger partial charge is 0.305 e. The van der Waals surface area contributed by atoms with Gasteiger partial charge in [0.05, 0.1) is 18.2 Å². The molecule has 0 saturated carbocycles. The van der Waals surface area contributed by atoms with E-state index in [9.17, 15) is 9.59 Å². The number of hydrogen-bond acceptors (Lipinski definition) is 6. The molecule has 0 radical (unpaired) electrons. The van der Waals surface area contributed by atoms with Crippen LogP contribution in [0.3, 0.4) is 0 Å². The summed E-state index contributed by atoms with van der Waals surface area (Å²) in [5.41, 5.74) is 1.97. The average Bonchev–Trinajstić information content (AvgIpc) is 3.35. The molecule has 132 valence electrons. The van der Waals surface area contributed by atoms with Crippen molar-refractivity contribution in [1.82, 2.24) is 5.01 Å².